The predicted octanol–water partition coefficient (Wildman–Crippen LogP) is 2.21. The third kappa shape index (κ3) is 3.73. The molecule has 1 aromatic carbocycles. The number of pyridine rings is 1. The molecule has 1 heterocycles. The number of anilines is 2. The highest BCUT2D eigenvalue weighted by Crippen LogP contribution is 2.30. The molecule has 24 heavy (non-hydrogen) atoms. The van der Waals surface area contributed by atoms with E-state index < -0.39 is 11.5 Å². The number of benzene rings is 1. The molecule has 1 fully saturated rings. The van der Waals surface area contributed by atoms with Gasteiger partial charge < -0.3 is 20.3 Å². The third-order valence-electron chi connectivity index (χ3n) is 3.81. The van der Waals surface area contributed by atoms with E-state index in [1.54, 1.807) is 6.92 Å². The number of hydrogen-bond acceptors (Lipinski definition) is 4. The van der Waals surface area contributed by atoms with Crippen molar-refractivity contribution in [3.63, 3.8) is 0 Å². The van der Waals surface area contributed by atoms with E-state index >= 15 is 0 Å². The molecule has 0 saturated heterocycles. The Hall–Kier alpha value is -2.83. The molecule has 6 nitrogen and oxygen atoms in total. The van der Waals surface area contributed by atoms with Gasteiger partial charge in [-0.1, -0.05) is 0 Å². The molecule has 126 valence electrons. The Bertz CT molecular complexity index is 843. The lowest BCUT2D eigenvalue weighted by molar-refractivity contribution is -0.116. The van der Waals surface area contributed by atoms with Crippen molar-refractivity contribution in [2.45, 2.75) is 32.4 Å². The number of carbonyl (C=O) groups excluding carboxylic acids is 1. The lowest BCUT2D eigenvalue weighted by Crippen LogP contribution is -2.28. The van der Waals surface area contributed by atoms with Crippen LogP contribution in [0.1, 0.15) is 18.5 Å². The van der Waals surface area contributed by atoms with Gasteiger partial charge in [0.15, 0.2) is 0 Å². The van der Waals surface area contributed by atoms with Crippen LogP contribution in [0.4, 0.5) is 15.8 Å². The maximum absolute atomic E-state index is 13.4. The van der Waals surface area contributed by atoms with Crippen molar-refractivity contribution < 1.29 is 14.3 Å². The van der Waals surface area contributed by atoms with E-state index in [0.29, 0.717) is 23.1 Å². The fraction of sp³-hybridized carbons (Fsp3) is 0.294. The van der Waals surface area contributed by atoms with E-state index in [4.69, 9.17) is 0 Å². The summed E-state index contributed by atoms with van der Waals surface area (Å²) in [5.74, 6) is -0.929. The highest BCUT2D eigenvalue weighted by Gasteiger charge is 2.22. The number of halogens is 1. The van der Waals surface area contributed by atoms with Crippen LogP contribution in [0.25, 0.3) is 0 Å². The van der Waals surface area contributed by atoms with Gasteiger partial charge in [-0.25, -0.2) is 4.39 Å². The number of amides is 1. The first-order valence-corrected chi connectivity index (χ1v) is 7.69. The monoisotopic (exact) mass is 331 g/mol. The predicted molar refractivity (Wildman–Crippen MR) is 88.8 cm³/mol. The van der Waals surface area contributed by atoms with Crippen molar-refractivity contribution >= 4 is 17.3 Å². The van der Waals surface area contributed by atoms with E-state index in [1.807, 2.05) is 0 Å². The fourth-order valence-electron chi connectivity index (χ4n) is 2.44. The largest absolute Gasteiger partial charge is 0.508 e. The van der Waals surface area contributed by atoms with E-state index in [9.17, 15) is 19.1 Å². The molecular formula is C17H18FN3O3. The zero-order valence-corrected chi connectivity index (χ0v) is 13.2. The summed E-state index contributed by atoms with van der Waals surface area (Å²) in [5.41, 5.74) is 1.02. The smallest absolute Gasteiger partial charge is 0.254 e. The Labute approximate surface area is 137 Å². The van der Waals surface area contributed by atoms with Crippen LogP contribution in [-0.2, 0) is 11.3 Å². The molecule has 1 aliphatic carbocycles. The minimum atomic E-state index is -0.460. The zero-order chi connectivity index (χ0) is 17.3. The number of rotatable bonds is 5. The van der Waals surface area contributed by atoms with Gasteiger partial charge in [0.2, 0.25) is 5.91 Å². The van der Waals surface area contributed by atoms with Gasteiger partial charge in [0.05, 0.1) is 11.4 Å². The van der Waals surface area contributed by atoms with Crippen LogP contribution in [0.5, 0.6) is 5.75 Å². The standard InChI is InChI=1S/C17H18FN3O3/c1-10-6-13(22)8-17(24)21(10)9-16(23)20-14-5-2-11(18)7-15(14)19-12-3-4-12/h2,5-8,12,19,22H,3-4,9H2,1H3,(H,20,23). The summed E-state index contributed by atoms with van der Waals surface area (Å²) in [6.45, 7) is 1.44. The molecule has 0 unspecified atom stereocenters. The Balaban J connectivity index is 1.77. The quantitative estimate of drug-likeness (QED) is 0.784. The van der Waals surface area contributed by atoms with Crippen LogP contribution < -0.4 is 16.2 Å². The van der Waals surface area contributed by atoms with Crippen molar-refractivity contribution in [3.05, 3.63) is 52.2 Å². The Morgan fingerprint density at radius 1 is 1.29 bits per heavy atom. The topological polar surface area (TPSA) is 83.4 Å². The average molecular weight is 331 g/mol. The lowest BCUT2D eigenvalue weighted by Gasteiger charge is -2.14. The Morgan fingerprint density at radius 3 is 2.71 bits per heavy atom. The second-order valence-electron chi connectivity index (χ2n) is 5.94. The lowest BCUT2D eigenvalue weighted by atomic mass is 10.2. The van der Waals surface area contributed by atoms with Gasteiger partial charge in [0.25, 0.3) is 5.56 Å². The van der Waals surface area contributed by atoms with Crippen LogP contribution >= 0.6 is 0 Å². The molecule has 1 aromatic heterocycles. The van der Waals surface area contributed by atoms with Gasteiger partial charge in [0, 0.05) is 17.8 Å². The number of nitrogens with zero attached hydrogens (tertiary/aromatic N) is 1. The van der Waals surface area contributed by atoms with Crippen molar-refractivity contribution in [1.82, 2.24) is 4.57 Å². The Morgan fingerprint density at radius 2 is 2.04 bits per heavy atom. The summed E-state index contributed by atoms with van der Waals surface area (Å²) in [4.78, 5) is 24.1. The Kier molecular flexibility index (Phi) is 4.24. The average Bonchev–Trinajstić information content (AvgIpc) is 3.30. The first-order valence-electron chi connectivity index (χ1n) is 7.69. The zero-order valence-electron chi connectivity index (χ0n) is 13.2. The highest BCUT2D eigenvalue weighted by molar-refractivity contribution is 5.94. The van der Waals surface area contributed by atoms with Gasteiger partial charge >= 0.3 is 0 Å². The molecule has 0 bridgehead atoms. The number of aromatic nitrogens is 1. The van der Waals surface area contributed by atoms with Crippen LogP contribution in [0.3, 0.4) is 0 Å². The van der Waals surface area contributed by atoms with E-state index in [0.717, 1.165) is 18.9 Å². The van der Waals surface area contributed by atoms with Gasteiger partial charge in [0.1, 0.15) is 18.1 Å². The van der Waals surface area contributed by atoms with Crippen molar-refractivity contribution in [1.29, 1.82) is 0 Å². The van der Waals surface area contributed by atoms with Crippen molar-refractivity contribution in [3.8, 4) is 5.75 Å². The summed E-state index contributed by atoms with van der Waals surface area (Å²) in [7, 11) is 0. The minimum absolute atomic E-state index is 0.136. The van der Waals surface area contributed by atoms with Gasteiger partial charge in [-0.3, -0.25) is 9.59 Å². The van der Waals surface area contributed by atoms with E-state index in [2.05, 4.69) is 10.6 Å². The molecule has 0 spiro atoms. The number of carbonyl (C=O) groups is 1. The molecule has 3 N–H and O–H groups in total. The maximum Gasteiger partial charge on any atom is 0.254 e. The highest BCUT2D eigenvalue weighted by atomic mass is 19.1. The molecular weight excluding hydrogens is 313 g/mol. The number of aryl methyl sites for hydroxylation is 1. The van der Waals surface area contributed by atoms with Gasteiger partial charge in [-0.15, -0.1) is 0 Å². The third-order valence-corrected chi connectivity index (χ3v) is 3.81. The molecule has 0 atom stereocenters. The van der Waals surface area contributed by atoms with E-state index in [1.165, 1.54) is 28.8 Å². The summed E-state index contributed by atoms with van der Waals surface area (Å²) < 4.78 is 14.7. The summed E-state index contributed by atoms with van der Waals surface area (Å²) in [5, 5.41) is 15.2. The summed E-state index contributed by atoms with van der Waals surface area (Å²) >= 11 is 0. The summed E-state index contributed by atoms with van der Waals surface area (Å²) in [6.07, 6.45) is 2.04. The van der Waals surface area contributed by atoms with Crippen LogP contribution in [0, 0.1) is 12.7 Å². The van der Waals surface area contributed by atoms with Gasteiger partial charge in [-0.2, -0.15) is 0 Å². The summed E-state index contributed by atoms with van der Waals surface area (Å²) in [6, 6.07) is 6.87. The van der Waals surface area contributed by atoms with Crippen LogP contribution in [-0.4, -0.2) is 21.6 Å². The van der Waals surface area contributed by atoms with E-state index in [-0.39, 0.29) is 18.1 Å². The second kappa shape index (κ2) is 6.35. The molecule has 1 saturated carbocycles. The fourth-order valence-corrected chi connectivity index (χ4v) is 2.44. The second-order valence-corrected chi connectivity index (χ2v) is 5.94. The molecule has 0 radical (unpaired) electrons. The van der Waals surface area contributed by atoms with Crippen LogP contribution in [0.2, 0.25) is 0 Å². The first kappa shape index (κ1) is 16.0. The van der Waals surface area contributed by atoms with Crippen LogP contribution in [0.15, 0.2) is 35.1 Å². The SMILES string of the molecule is Cc1cc(O)cc(=O)n1CC(=O)Nc1ccc(F)cc1NC1CC1. The van der Waals surface area contributed by atoms with Gasteiger partial charge in [-0.05, 0) is 44.0 Å². The molecule has 0 aliphatic heterocycles. The first-order chi connectivity index (χ1) is 11.4. The maximum atomic E-state index is 13.4. The molecule has 1 aliphatic rings. The minimum Gasteiger partial charge on any atom is -0.508 e. The molecule has 1 amide bonds. The van der Waals surface area contributed by atoms with Crippen molar-refractivity contribution in [2.24, 2.45) is 0 Å². The van der Waals surface area contributed by atoms with Crippen molar-refractivity contribution in [2.75, 3.05) is 10.6 Å². The molecule has 2 aromatic rings. The molecule has 7 heteroatoms. The number of nitrogens with one attached hydrogen (secondary N) is 2. The number of hydrogen-bond donors (Lipinski definition) is 3. The number of aromatic hydroxyl groups is 1. The normalized spacial score (nSPS) is 13.6. The molecule has 3 rings (SSSR count).